The molecular formula is C12H20N2O2. The first kappa shape index (κ1) is 12.8. The number of ether oxygens (including phenoxy) is 2. The maximum atomic E-state index is 5.66. The third kappa shape index (κ3) is 3.72. The largest absolute Gasteiger partial charge is 0.497 e. The van der Waals surface area contributed by atoms with Crippen molar-refractivity contribution in [2.45, 2.75) is 6.54 Å². The van der Waals surface area contributed by atoms with E-state index in [1.54, 1.807) is 7.11 Å². The van der Waals surface area contributed by atoms with Crippen molar-refractivity contribution in [1.82, 2.24) is 4.90 Å². The lowest BCUT2D eigenvalue weighted by Crippen LogP contribution is -2.19. The third-order valence-corrected chi connectivity index (χ3v) is 2.28. The van der Waals surface area contributed by atoms with Crippen molar-refractivity contribution in [2.75, 3.05) is 34.4 Å². The molecule has 0 aliphatic carbocycles. The van der Waals surface area contributed by atoms with Gasteiger partial charge < -0.3 is 20.1 Å². The lowest BCUT2D eigenvalue weighted by atomic mass is 10.2. The smallest absolute Gasteiger partial charge is 0.124 e. The van der Waals surface area contributed by atoms with Gasteiger partial charge in [-0.2, -0.15) is 0 Å². The highest BCUT2D eigenvalue weighted by molar-refractivity contribution is 5.40. The Hall–Kier alpha value is -1.26. The van der Waals surface area contributed by atoms with Gasteiger partial charge >= 0.3 is 0 Å². The lowest BCUT2D eigenvalue weighted by Gasteiger charge is -2.14. The first-order valence-corrected chi connectivity index (χ1v) is 5.32. The van der Waals surface area contributed by atoms with Gasteiger partial charge in [0.1, 0.15) is 18.1 Å². The summed E-state index contributed by atoms with van der Waals surface area (Å²) in [6.45, 7) is 2.00. The van der Waals surface area contributed by atoms with Gasteiger partial charge in [-0.05, 0) is 32.3 Å². The molecule has 0 unspecified atom stereocenters. The van der Waals surface area contributed by atoms with Crippen LogP contribution < -0.4 is 15.2 Å². The second-order valence-electron chi connectivity index (χ2n) is 3.83. The summed E-state index contributed by atoms with van der Waals surface area (Å²) in [5, 5.41) is 0. The Bertz CT molecular complexity index is 327. The zero-order chi connectivity index (χ0) is 12.0. The fourth-order valence-corrected chi connectivity index (χ4v) is 1.32. The molecule has 1 rings (SSSR count). The van der Waals surface area contributed by atoms with E-state index >= 15 is 0 Å². The molecule has 0 radical (unpaired) electrons. The molecule has 0 amide bonds. The van der Waals surface area contributed by atoms with Crippen LogP contribution in [0.5, 0.6) is 11.5 Å². The quantitative estimate of drug-likeness (QED) is 0.786. The number of likely N-dealkylation sites (N-methyl/N-ethyl adjacent to an activating group) is 1. The summed E-state index contributed by atoms with van der Waals surface area (Å²) >= 11 is 0. The Morgan fingerprint density at radius 3 is 2.62 bits per heavy atom. The van der Waals surface area contributed by atoms with E-state index < -0.39 is 0 Å². The molecule has 4 nitrogen and oxygen atoms in total. The minimum atomic E-state index is 0.453. The van der Waals surface area contributed by atoms with Gasteiger partial charge in [0, 0.05) is 18.7 Å². The number of hydrogen-bond acceptors (Lipinski definition) is 4. The van der Waals surface area contributed by atoms with Crippen LogP contribution in [0.1, 0.15) is 5.56 Å². The number of hydrogen-bond donors (Lipinski definition) is 1. The summed E-state index contributed by atoms with van der Waals surface area (Å²) in [4.78, 5) is 2.08. The molecule has 0 saturated heterocycles. The molecule has 16 heavy (non-hydrogen) atoms. The summed E-state index contributed by atoms with van der Waals surface area (Å²) in [5.41, 5.74) is 6.63. The summed E-state index contributed by atoms with van der Waals surface area (Å²) < 4.78 is 10.8. The Kier molecular flexibility index (Phi) is 5.08. The molecule has 0 atom stereocenters. The van der Waals surface area contributed by atoms with Gasteiger partial charge in [-0.25, -0.2) is 0 Å². The Morgan fingerprint density at radius 2 is 2.06 bits per heavy atom. The van der Waals surface area contributed by atoms with Crippen LogP contribution in [0.4, 0.5) is 0 Å². The minimum Gasteiger partial charge on any atom is -0.497 e. The third-order valence-electron chi connectivity index (χ3n) is 2.28. The van der Waals surface area contributed by atoms with E-state index in [0.717, 1.165) is 23.6 Å². The molecule has 0 bridgehead atoms. The lowest BCUT2D eigenvalue weighted by molar-refractivity contribution is 0.259. The molecule has 0 spiro atoms. The normalized spacial score (nSPS) is 10.6. The van der Waals surface area contributed by atoms with Crippen LogP contribution in [-0.4, -0.2) is 39.3 Å². The standard InChI is InChI=1S/C12H20N2O2/c1-14(2)6-7-16-12-5-4-11(15-3)8-10(12)9-13/h4-5,8H,6-7,9,13H2,1-3H3. The highest BCUT2D eigenvalue weighted by Crippen LogP contribution is 2.23. The first-order valence-electron chi connectivity index (χ1n) is 5.32. The second kappa shape index (κ2) is 6.35. The molecule has 0 heterocycles. The topological polar surface area (TPSA) is 47.7 Å². The average Bonchev–Trinajstić information content (AvgIpc) is 2.29. The summed E-state index contributed by atoms with van der Waals surface area (Å²) in [6, 6.07) is 5.69. The molecular weight excluding hydrogens is 204 g/mol. The van der Waals surface area contributed by atoms with Crippen molar-refractivity contribution in [3.8, 4) is 11.5 Å². The second-order valence-corrected chi connectivity index (χ2v) is 3.83. The van der Waals surface area contributed by atoms with Crippen LogP contribution in [0.3, 0.4) is 0 Å². The maximum absolute atomic E-state index is 5.66. The molecule has 0 aliphatic heterocycles. The molecule has 90 valence electrons. The fraction of sp³-hybridized carbons (Fsp3) is 0.500. The van der Waals surface area contributed by atoms with Crippen LogP contribution in [0.15, 0.2) is 18.2 Å². The molecule has 0 saturated carbocycles. The van der Waals surface area contributed by atoms with Gasteiger partial charge in [0.25, 0.3) is 0 Å². The fourth-order valence-electron chi connectivity index (χ4n) is 1.32. The van der Waals surface area contributed by atoms with Crippen molar-refractivity contribution >= 4 is 0 Å². The Labute approximate surface area is 96.9 Å². The van der Waals surface area contributed by atoms with Crippen molar-refractivity contribution < 1.29 is 9.47 Å². The molecule has 4 heteroatoms. The number of nitrogens with two attached hydrogens (primary N) is 1. The average molecular weight is 224 g/mol. The van der Waals surface area contributed by atoms with Crippen molar-refractivity contribution in [2.24, 2.45) is 5.73 Å². The van der Waals surface area contributed by atoms with E-state index in [-0.39, 0.29) is 0 Å². The monoisotopic (exact) mass is 224 g/mol. The van der Waals surface area contributed by atoms with Crippen LogP contribution in [0, 0.1) is 0 Å². The van der Waals surface area contributed by atoms with Gasteiger partial charge in [-0.1, -0.05) is 0 Å². The van der Waals surface area contributed by atoms with E-state index in [9.17, 15) is 0 Å². The van der Waals surface area contributed by atoms with Crippen LogP contribution in [-0.2, 0) is 6.54 Å². The van der Waals surface area contributed by atoms with E-state index in [1.165, 1.54) is 0 Å². The SMILES string of the molecule is COc1ccc(OCCN(C)C)c(CN)c1. The molecule has 0 fully saturated rings. The van der Waals surface area contributed by atoms with Gasteiger partial charge in [0.15, 0.2) is 0 Å². The molecule has 1 aromatic carbocycles. The van der Waals surface area contributed by atoms with Crippen molar-refractivity contribution in [3.05, 3.63) is 23.8 Å². The van der Waals surface area contributed by atoms with Gasteiger partial charge in [-0.15, -0.1) is 0 Å². The summed E-state index contributed by atoms with van der Waals surface area (Å²) in [7, 11) is 5.67. The summed E-state index contributed by atoms with van der Waals surface area (Å²) in [5.74, 6) is 1.64. The van der Waals surface area contributed by atoms with Crippen LogP contribution in [0.25, 0.3) is 0 Å². The Balaban J connectivity index is 2.64. The van der Waals surface area contributed by atoms with E-state index in [0.29, 0.717) is 13.2 Å². The molecule has 0 aromatic heterocycles. The van der Waals surface area contributed by atoms with Crippen molar-refractivity contribution in [3.63, 3.8) is 0 Å². The van der Waals surface area contributed by atoms with Gasteiger partial charge in [0.05, 0.1) is 7.11 Å². The number of nitrogens with zero attached hydrogens (tertiary/aromatic N) is 1. The first-order chi connectivity index (χ1) is 7.67. The predicted molar refractivity (Wildman–Crippen MR) is 64.9 cm³/mol. The van der Waals surface area contributed by atoms with Gasteiger partial charge in [-0.3, -0.25) is 0 Å². The highest BCUT2D eigenvalue weighted by atomic mass is 16.5. The van der Waals surface area contributed by atoms with E-state index in [4.69, 9.17) is 15.2 Å². The summed E-state index contributed by atoms with van der Waals surface area (Å²) in [6.07, 6.45) is 0. The molecule has 1 aromatic rings. The van der Waals surface area contributed by atoms with E-state index in [1.807, 2.05) is 32.3 Å². The number of rotatable bonds is 6. The van der Waals surface area contributed by atoms with Crippen LogP contribution in [0.2, 0.25) is 0 Å². The minimum absolute atomic E-state index is 0.453. The van der Waals surface area contributed by atoms with Crippen LogP contribution >= 0.6 is 0 Å². The predicted octanol–water partition coefficient (Wildman–Crippen LogP) is 1.09. The zero-order valence-corrected chi connectivity index (χ0v) is 10.2. The number of methoxy groups -OCH3 is 1. The zero-order valence-electron chi connectivity index (χ0n) is 10.2. The Morgan fingerprint density at radius 1 is 1.31 bits per heavy atom. The van der Waals surface area contributed by atoms with E-state index in [2.05, 4.69) is 4.90 Å². The van der Waals surface area contributed by atoms with Crippen molar-refractivity contribution in [1.29, 1.82) is 0 Å². The van der Waals surface area contributed by atoms with Gasteiger partial charge in [0.2, 0.25) is 0 Å². The molecule has 2 N–H and O–H groups in total. The maximum Gasteiger partial charge on any atom is 0.124 e. The molecule has 0 aliphatic rings. The number of benzene rings is 1. The highest BCUT2D eigenvalue weighted by Gasteiger charge is 2.04.